The number of amides is 1. The molecule has 32 heavy (non-hydrogen) atoms. The van der Waals surface area contributed by atoms with Crippen LogP contribution in [0.1, 0.15) is 41.4 Å². The van der Waals surface area contributed by atoms with Gasteiger partial charge in [0.1, 0.15) is 5.82 Å². The van der Waals surface area contributed by atoms with Gasteiger partial charge in [0.15, 0.2) is 5.78 Å². The average molecular weight is 467 g/mol. The van der Waals surface area contributed by atoms with Gasteiger partial charge in [0.2, 0.25) is 5.91 Å². The third-order valence-electron chi connectivity index (χ3n) is 5.07. The van der Waals surface area contributed by atoms with Gasteiger partial charge in [-0.2, -0.15) is 0 Å². The van der Waals surface area contributed by atoms with Gasteiger partial charge in [-0.25, -0.2) is 4.98 Å². The number of nitrogens with one attached hydrogen (secondary N) is 1. The maximum absolute atomic E-state index is 13.3. The Kier molecular flexibility index (Phi) is 6.26. The van der Waals surface area contributed by atoms with Gasteiger partial charge in [-0.1, -0.05) is 29.3 Å². The van der Waals surface area contributed by atoms with Gasteiger partial charge >= 0.3 is 0 Å². The normalized spacial score (nSPS) is 11.2. The van der Waals surface area contributed by atoms with Gasteiger partial charge < -0.3 is 9.88 Å². The Morgan fingerprint density at radius 1 is 1.06 bits per heavy atom. The molecule has 0 fully saturated rings. The summed E-state index contributed by atoms with van der Waals surface area (Å²) in [6, 6.07) is 10.3. The molecule has 3 aromatic heterocycles. The minimum absolute atomic E-state index is 0.101. The summed E-state index contributed by atoms with van der Waals surface area (Å²) in [6.45, 7) is 4.12. The molecule has 3 heterocycles. The zero-order chi connectivity index (χ0) is 22.8. The lowest BCUT2D eigenvalue weighted by molar-refractivity contribution is -0.115. The molecule has 0 atom stereocenters. The standard InChI is InChI=1S/C24H20Cl2N4O2/c1-14(2)30-13-18(17-12-27-7-6-21(17)30)24(32)16-5-8-28-22(11-16)29-23(31)10-15-3-4-19(25)20(26)9-15/h3-9,11-14H,10H2,1-2H3,(H,28,29,31). The molecule has 0 aliphatic heterocycles. The number of fused-ring (bicyclic) bond motifs is 1. The first-order valence-electron chi connectivity index (χ1n) is 10.0. The summed E-state index contributed by atoms with van der Waals surface area (Å²) in [7, 11) is 0. The van der Waals surface area contributed by atoms with Crippen molar-refractivity contribution in [1.82, 2.24) is 14.5 Å². The van der Waals surface area contributed by atoms with E-state index in [-0.39, 0.29) is 24.2 Å². The van der Waals surface area contributed by atoms with Crippen LogP contribution in [-0.4, -0.2) is 26.2 Å². The largest absolute Gasteiger partial charge is 0.344 e. The van der Waals surface area contributed by atoms with Crippen molar-refractivity contribution in [2.24, 2.45) is 0 Å². The second-order valence-corrected chi connectivity index (χ2v) is 8.48. The van der Waals surface area contributed by atoms with Crippen molar-refractivity contribution in [3.63, 3.8) is 0 Å². The summed E-state index contributed by atoms with van der Waals surface area (Å²) >= 11 is 11.9. The molecular weight excluding hydrogens is 447 g/mol. The van der Waals surface area contributed by atoms with Crippen LogP contribution in [0, 0.1) is 0 Å². The van der Waals surface area contributed by atoms with Crippen LogP contribution in [-0.2, 0) is 11.2 Å². The topological polar surface area (TPSA) is 76.9 Å². The van der Waals surface area contributed by atoms with Gasteiger partial charge in [-0.15, -0.1) is 0 Å². The molecule has 0 spiro atoms. The van der Waals surface area contributed by atoms with E-state index < -0.39 is 0 Å². The van der Waals surface area contributed by atoms with E-state index in [1.54, 1.807) is 42.7 Å². The number of hydrogen-bond donors (Lipinski definition) is 1. The predicted molar refractivity (Wildman–Crippen MR) is 127 cm³/mol. The molecular formula is C24H20Cl2N4O2. The molecule has 4 aromatic rings. The SMILES string of the molecule is CC(C)n1cc(C(=O)c2ccnc(NC(=O)Cc3ccc(Cl)c(Cl)c3)c2)c2cnccc21. The molecule has 8 heteroatoms. The zero-order valence-electron chi connectivity index (χ0n) is 17.5. The average Bonchev–Trinajstić information content (AvgIpc) is 3.16. The lowest BCUT2D eigenvalue weighted by Crippen LogP contribution is -2.16. The summed E-state index contributed by atoms with van der Waals surface area (Å²) in [5, 5.41) is 4.34. The fourth-order valence-corrected chi connectivity index (χ4v) is 3.84. The molecule has 162 valence electrons. The number of rotatable bonds is 6. The Labute approximate surface area is 195 Å². The van der Waals surface area contributed by atoms with Crippen molar-refractivity contribution >= 4 is 51.6 Å². The Hall–Kier alpha value is -3.22. The van der Waals surface area contributed by atoms with E-state index >= 15 is 0 Å². The second-order valence-electron chi connectivity index (χ2n) is 7.67. The van der Waals surface area contributed by atoms with E-state index in [0.29, 0.717) is 27.0 Å². The molecule has 0 bridgehead atoms. The highest BCUT2D eigenvalue weighted by Gasteiger charge is 2.19. The van der Waals surface area contributed by atoms with Gasteiger partial charge in [0.05, 0.1) is 22.0 Å². The lowest BCUT2D eigenvalue weighted by Gasteiger charge is -2.08. The number of carbonyl (C=O) groups excluding carboxylic acids is 2. The Balaban J connectivity index is 1.56. The highest BCUT2D eigenvalue weighted by Crippen LogP contribution is 2.26. The van der Waals surface area contributed by atoms with E-state index in [9.17, 15) is 9.59 Å². The minimum Gasteiger partial charge on any atom is -0.344 e. The quantitative estimate of drug-likeness (QED) is 0.368. The third kappa shape index (κ3) is 4.52. The third-order valence-corrected chi connectivity index (χ3v) is 5.81. The molecule has 0 aliphatic rings. The van der Waals surface area contributed by atoms with Crippen molar-refractivity contribution in [2.45, 2.75) is 26.3 Å². The van der Waals surface area contributed by atoms with Crippen molar-refractivity contribution in [3.8, 4) is 0 Å². The van der Waals surface area contributed by atoms with Crippen molar-refractivity contribution in [1.29, 1.82) is 0 Å². The maximum Gasteiger partial charge on any atom is 0.229 e. The number of pyridine rings is 2. The van der Waals surface area contributed by atoms with Gasteiger partial charge in [0, 0.05) is 47.3 Å². The molecule has 1 aromatic carbocycles. The summed E-state index contributed by atoms with van der Waals surface area (Å²) < 4.78 is 2.05. The zero-order valence-corrected chi connectivity index (χ0v) is 19.0. The first-order chi connectivity index (χ1) is 15.3. The summed E-state index contributed by atoms with van der Waals surface area (Å²) in [4.78, 5) is 34.1. The van der Waals surface area contributed by atoms with Crippen LogP contribution in [0.2, 0.25) is 10.0 Å². The number of benzene rings is 1. The van der Waals surface area contributed by atoms with Gasteiger partial charge in [-0.05, 0) is 49.7 Å². The monoisotopic (exact) mass is 466 g/mol. The molecule has 0 saturated heterocycles. The Morgan fingerprint density at radius 3 is 2.62 bits per heavy atom. The smallest absolute Gasteiger partial charge is 0.229 e. The van der Waals surface area contributed by atoms with Crippen molar-refractivity contribution in [2.75, 3.05) is 5.32 Å². The lowest BCUT2D eigenvalue weighted by atomic mass is 10.0. The number of nitrogens with zero attached hydrogens (tertiary/aromatic N) is 3. The Bertz CT molecular complexity index is 1330. The molecule has 0 radical (unpaired) electrons. The van der Waals surface area contributed by atoms with Gasteiger partial charge in [-0.3, -0.25) is 14.6 Å². The van der Waals surface area contributed by atoms with Crippen LogP contribution in [0.4, 0.5) is 5.82 Å². The molecule has 1 amide bonds. The summed E-state index contributed by atoms with van der Waals surface area (Å²) in [5.74, 6) is -0.141. The molecule has 0 unspecified atom stereocenters. The first-order valence-corrected chi connectivity index (χ1v) is 10.8. The summed E-state index contributed by atoms with van der Waals surface area (Å²) in [6.07, 6.45) is 6.86. The molecule has 0 aliphatic carbocycles. The van der Waals surface area contributed by atoms with Crippen LogP contribution in [0.25, 0.3) is 10.9 Å². The fourth-order valence-electron chi connectivity index (χ4n) is 3.52. The predicted octanol–water partition coefficient (Wildman–Crippen LogP) is 5.73. The second kappa shape index (κ2) is 9.10. The number of halogens is 2. The van der Waals surface area contributed by atoms with Crippen molar-refractivity contribution < 1.29 is 9.59 Å². The minimum atomic E-state index is -0.277. The molecule has 6 nitrogen and oxygen atoms in total. The van der Waals surface area contributed by atoms with Crippen LogP contribution < -0.4 is 5.32 Å². The number of aromatic nitrogens is 3. The highest BCUT2D eigenvalue weighted by atomic mass is 35.5. The Morgan fingerprint density at radius 2 is 1.88 bits per heavy atom. The van der Waals surface area contributed by atoms with Gasteiger partial charge in [0.25, 0.3) is 0 Å². The number of hydrogen-bond acceptors (Lipinski definition) is 4. The van der Waals surface area contributed by atoms with Crippen molar-refractivity contribution in [3.05, 3.63) is 87.9 Å². The number of ketones is 1. The summed E-state index contributed by atoms with van der Waals surface area (Å²) in [5.41, 5.74) is 2.65. The maximum atomic E-state index is 13.3. The van der Waals surface area contributed by atoms with E-state index in [1.165, 1.54) is 6.20 Å². The number of carbonyl (C=O) groups is 2. The number of anilines is 1. The van der Waals surface area contributed by atoms with E-state index in [4.69, 9.17) is 23.2 Å². The van der Waals surface area contributed by atoms with Crippen LogP contribution in [0.3, 0.4) is 0 Å². The molecule has 0 saturated carbocycles. The van der Waals surface area contributed by atoms with E-state index in [0.717, 1.165) is 16.5 Å². The highest BCUT2D eigenvalue weighted by molar-refractivity contribution is 6.42. The first kappa shape index (κ1) is 22.0. The molecule has 1 N–H and O–H groups in total. The van der Waals surface area contributed by atoms with E-state index in [2.05, 4.69) is 29.1 Å². The molecule has 4 rings (SSSR count). The van der Waals surface area contributed by atoms with Crippen LogP contribution in [0.5, 0.6) is 0 Å². The fraction of sp³-hybridized carbons (Fsp3) is 0.167. The van der Waals surface area contributed by atoms with E-state index in [1.807, 2.05) is 16.8 Å². The van der Waals surface area contributed by atoms with Crippen LogP contribution >= 0.6 is 23.2 Å². The van der Waals surface area contributed by atoms with Crippen LogP contribution in [0.15, 0.2) is 61.2 Å².